The van der Waals surface area contributed by atoms with E-state index in [1.54, 1.807) is 20.8 Å². The number of carboxylic acids is 1. The van der Waals surface area contributed by atoms with Crippen LogP contribution in [0.25, 0.3) is 0 Å². The molecule has 128 valence electrons. The number of alkyl carbamates (subject to hydrolysis) is 1. The van der Waals surface area contributed by atoms with Crippen molar-refractivity contribution >= 4 is 18.0 Å². The van der Waals surface area contributed by atoms with Crippen LogP contribution in [0.2, 0.25) is 0 Å². The summed E-state index contributed by atoms with van der Waals surface area (Å²) in [7, 11) is 0. The second-order valence-corrected chi connectivity index (χ2v) is 5.92. The zero-order valence-electron chi connectivity index (χ0n) is 13.5. The van der Waals surface area contributed by atoms with Gasteiger partial charge in [0.15, 0.2) is 0 Å². The lowest BCUT2D eigenvalue weighted by Crippen LogP contribution is -2.48. The summed E-state index contributed by atoms with van der Waals surface area (Å²) < 4.78 is 5.12. The molecular weight excluding hydrogens is 290 g/mol. The van der Waals surface area contributed by atoms with E-state index in [0.29, 0.717) is 19.4 Å². The third kappa shape index (κ3) is 10.9. The summed E-state index contributed by atoms with van der Waals surface area (Å²) >= 11 is 0. The summed E-state index contributed by atoms with van der Waals surface area (Å²) in [5, 5.41) is 13.6. The first kappa shape index (κ1) is 20.2. The van der Waals surface area contributed by atoms with Crippen LogP contribution in [-0.4, -0.2) is 47.8 Å². The van der Waals surface area contributed by atoms with Crippen LogP contribution < -0.4 is 16.4 Å². The lowest BCUT2D eigenvalue weighted by atomic mass is 10.1. The maximum atomic E-state index is 12.0. The topological polar surface area (TPSA) is 131 Å². The lowest BCUT2D eigenvalue weighted by molar-refractivity contribution is -0.137. The first-order chi connectivity index (χ1) is 10.2. The molecule has 2 amide bonds. The highest BCUT2D eigenvalue weighted by Gasteiger charge is 2.23. The summed E-state index contributed by atoms with van der Waals surface area (Å²) in [6.45, 7) is 5.69. The molecule has 0 rings (SSSR count). The molecule has 0 saturated heterocycles. The molecule has 0 spiro atoms. The molecule has 0 aromatic carbocycles. The molecule has 0 unspecified atom stereocenters. The van der Waals surface area contributed by atoms with Crippen LogP contribution in [0.1, 0.15) is 46.5 Å². The summed E-state index contributed by atoms with van der Waals surface area (Å²) in [6, 6.07) is -0.768. The zero-order valence-corrected chi connectivity index (χ0v) is 13.5. The van der Waals surface area contributed by atoms with Crippen LogP contribution in [0, 0.1) is 0 Å². The van der Waals surface area contributed by atoms with E-state index in [9.17, 15) is 14.4 Å². The first-order valence-electron chi connectivity index (χ1n) is 7.35. The molecule has 0 aliphatic heterocycles. The molecule has 0 radical (unpaired) electrons. The number of carboxylic acid groups (broad SMARTS) is 1. The van der Waals surface area contributed by atoms with Crippen LogP contribution in [0.5, 0.6) is 0 Å². The predicted molar refractivity (Wildman–Crippen MR) is 81.3 cm³/mol. The van der Waals surface area contributed by atoms with Gasteiger partial charge in [0.05, 0.1) is 6.42 Å². The van der Waals surface area contributed by atoms with Gasteiger partial charge < -0.3 is 26.2 Å². The Hall–Kier alpha value is -1.83. The second-order valence-electron chi connectivity index (χ2n) is 5.92. The van der Waals surface area contributed by atoms with Gasteiger partial charge in [-0.25, -0.2) is 4.79 Å². The van der Waals surface area contributed by atoms with E-state index in [-0.39, 0.29) is 13.0 Å². The fourth-order valence-corrected chi connectivity index (χ4v) is 1.63. The Morgan fingerprint density at radius 3 is 2.36 bits per heavy atom. The molecule has 0 heterocycles. The Balaban J connectivity index is 4.49. The van der Waals surface area contributed by atoms with Gasteiger partial charge in [0.2, 0.25) is 5.91 Å². The Kier molecular flexibility index (Phi) is 9.16. The number of unbranched alkanes of at least 4 members (excludes halogenated alkanes) is 1. The predicted octanol–water partition coefficient (Wildman–Crippen LogP) is 0.600. The van der Waals surface area contributed by atoms with E-state index >= 15 is 0 Å². The standard InChI is InChI=1S/C14H27N3O5/c1-14(2,3)22-13(21)17-10(6-4-5-8-15)12(20)16-9-7-11(18)19/h10H,4-9,15H2,1-3H3,(H,16,20)(H,17,21)(H,18,19)/t10-/m0/s1. The van der Waals surface area contributed by atoms with E-state index < -0.39 is 29.6 Å². The largest absolute Gasteiger partial charge is 0.481 e. The maximum absolute atomic E-state index is 12.0. The highest BCUT2D eigenvalue weighted by molar-refractivity contribution is 5.85. The number of ether oxygens (including phenoxy) is 1. The van der Waals surface area contributed by atoms with Crippen molar-refractivity contribution in [1.82, 2.24) is 10.6 Å². The number of carbonyl (C=O) groups is 3. The third-order valence-corrected chi connectivity index (χ3v) is 2.59. The van der Waals surface area contributed by atoms with E-state index in [1.807, 2.05) is 0 Å². The molecule has 22 heavy (non-hydrogen) atoms. The van der Waals surface area contributed by atoms with Gasteiger partial charge in [-0.05, 0) is 46.6 Å². The number of hydrogen-bond donors (Lipinski definition) is 4. The quantitative estimate of drug-likeness (QED) is 0.461. The lowest BCUT2D eigenvalue weighted by Gasteiger charge is -2.23. The Morgan fingerprint density at radius 2 is 1.86 bits per heavy atom. The number of nitrogens with two attached hydrogens (primary N) is 1. The maximum Gasteiger partial charge on any atom is 0.408 e. The van der Waals surface area contributed by atoms with E-state index in [2.05, 4.69) is 10.6 Å². The summed E-state index contributed by atoms with van der Waals surface area (Å²) in [5.74, 6) is -1.43. The van der Waals surface area contributed by atoms with Crippen molar-refractivity contribution in [2.24, 2.45) is 5.73 Å². The average Bonchev–Trinajstić information content (AvgIpc) is 2.35. The van der Waals surface area contributed by atoms with Gasteiger partial charge in [0, 0.05) is 6.54 Å². The molecule has 0 aromatic heterocycles. The molecule has 0 bridgehead atoms. The van der Waals surface area contributed by atoms with Crippen molar-refractivity contribution in [1.29, 1.82) is 0 Å². The highest BCUT2D eigenvalue weighted by atomic mass is 16.6. The zero-order chi connectivity index (χ0) is 17.2. The van der Waals surface area contributed by atoms with Gasteiger partial charge >= 0.3 is 12.1 Å². The number of nitrogens with one attached hydrogen (secondary N) is 2. The van der Waals surface area contributed by atoms with E-state index in [4.69, 9.17) is 15.6 Å². The van der Waals surface area contributed by atoms with Crippen molar-refractivity contribution in [3.63, 3.8) is 0 Å². The van der Waals surface area contributed by atoms with Crippen molar-refractivity contribution in [3.8, 4) is 0 Å². The summed E-state index contributed by atoms with van der Waals surface area (Å²) in [4.78, 5) is 34.2. The van der Waals surface area contributed by atoms with Gasteiger partial charge in [-0.3, -0.25) is 9.59 Å². The SMILES string of the molecule is CC(C)(C)OC(=O)N[C@@H](CCCCN)C(=O)NCCC(=O)O. The summed E-state index contributed by atoms with van der Waals surface area (Å²) in [5.41, 5.74) is 4.75. The molecule has 0 fully saturated rings. The van der Waals surface area contributed by atoms with Crippen molar-refractivity contribution in [2.75, 3.05) is 13.1 Å². The van der Waals surface area contributed by atoms with Crippen molar-refractivity contribution in [3.05, 3.63) is 0 Å². The third-order valence-electron chi connectivity index (χ3n) is 2.59. The summed E-state index contributed by atoms with van der Waals surface area (Å²) in [6.07, 6.45) is 0.958. The smallest absolute Gasteiger partial charge is 0.408 e. The first-order valence-corrected chi connectivity index (χ1v) is 7.35. The molecule has 8 heteroatoms. The van der Waals surface area contributed by atoms with Crippen LogP contribution in [0.4, 0.5) is 4.79 Å². The number of rotatable bonds is 9. The molecular formula is C14H27N3O5. The molecule has 1 atom stereocenters. The average molecular weight is 317 g/mol. The number of carbonyl (C=O) groups excluding carboxylic acids is 2. The molecule has 0 aliphatic carbocycles. The van der Waals surface area contributed by atoms with Crippen LogP contribution in [-0.2, 0) is 14.3 Å². The van der Waals surface area contributed by atoms with Gasteiger partial charge in [-0.15, -0.1) is 0 Å². The Bertz CT molecular complexity index is 379. The Morgan fingerprint density at radius 1 is 1.23 bits per heavy atom. The number of amides is 2. The molecule has 5 N–H and O–H groups in total. The minimum Gasteiger partial charge on any atom is -0.481 e. The van der Waals surface area contributed by atoms with E-state index in [0.717, 1.165) is 6.42 Å². The number of hydrogen-bond acceptors (Lipinski definition) is 5. The minimum atomic E-state index is -1.000. The monoisotopic (exact) mass is 317 g/mol. The Labute approximate surface area is 130 Å². The van der Waals surface area contributed by atoms with E-state index in [1.165, 1.54) is 0 Å². The number of aliphatic carboxylic acids is 1. The normalized spacial score (nSPS) is 12.4. The molecule has 0 saturated carbocycles. The van der Waals surface area contributed by atoms with Crippen LogP contribution in [0.15, 0.2) is 0 Å². The van der Waals surface area contributed by atoms with Crippen molar-refractivity contribution < 1.29 is 24.2 Å². The van der Waals surface area contributed by atoms with Gasteiger partial charge in [0.25, 0.3) is 0 Å². The minimum absolute atomic E-state index is 0.0115. The molecule has 0 aliphatic rings. The fourth-order valence-electron chi connectivity index (χ4n) is 1.63. The van der Waals surface area contributed by atoms with Gasteiger partial charge in [0.1, 0.15) is 11.6 Å². The van der Waals surface area contributed by atoms with Crippen LogP contribution in [0.3, 0.4) is 0 Å². The van der Waals surface area contributed by atoms with Crippen LogP contribution >= 0.6 is 0 Å². The van der Waals surface area contributed by atoms with Gasteiger partial charge in [-0.1, -0.05) is 0 Å². The fraction of sp³-hybridized carbons (Fsp3) is 0.786. The van der Waals surface area contributed by atoms with Crippen molar-refractivity contribution in [2.45, 2.75) is 58.1 Å². The molecule has 0 aromatic rings. The highest BCUT2D eigenvalue weighted by Crippen LogP contribution is 2.08. The van der Waals surface area contributed by atoms with Gasteiger partial charge in [-0.2, -0.15) is 0 Å². The molecule has 8 nitrogen and oxygen atoms in total. The second kappa shape index (κ2) is 9.99.